The smallest absolute Gasteiger partial charge is 0.321 e. The van der Waals surface area contributed by atoms with E-state index < -0.39 is 14.8 Å². The second-order valence-electron chi connectivity index (χ2n) is 7.49. The van der Waals surface area contributed by atoms with Gasteiger partial charge in [0.2, 0.25) is 16.8 Å². The minimum atomic E-state index is -3.38. The van der Waals surface area contributed by atoms with Crippen molar-refractivity contribution in [3.05, 3.63) is 18.2 Å². The maximum absolute atomic E-state index is 12.4. The van der Waals surface area contributed by atoms with Gasteiger partial charge in [-0.25, -0.2) is 17.9 Å². The Morgan fingerprint density at radius 2 is 1.81 bits per heavy atom. The monoisotopic (exact) mass is 383 g/mol. The SMILES string of the molecule is CC(C)(C)S(=O)(=O)NC1CCN(C(=O)Nc2ccc3c(c2)OCO3)CC1. The molecule has 1 aromatic carbocycles. The Labute approximate surface area is 153 Å². The van der Waals surface area contributed by atoms with Gasteiger partial charge in [-0.2, -0.15) is 0 Å². The number of sulfonamides is 1. The molecule has 0 bridgehead atoms. The number of nitrogens with one attached hydrogen (secondary N) is 2. The second-order valence-corrected chi connectivity index (χ2v) is 9.96. The number of benzene rings is 1. The molecule has 26 heavy (non-hydrogen) atoms. The van der Waals surface area contributed by atoms with Gasteiger partial charge in [0.1, 0.15) is 0 Å². The van der Waals surface area contributed by atoms with Gasteiger partial charge in [-0.05, 0) is 45.7 Å². The van der Waals surface area contributed by atoms with Crippen molar-refractivity contribution in [1.29, 1.82) is 0 Å². The number of hydrogen-bond acceptors (Lipinski definition) is 5. The lowest BCUT2D eigenvalue weighted by molar-refractivity contribution is 0.174. The molecule has 0 saturated carbocycles. The number of rotatable bonds is 3. The zero-order valence-corrected chi connectivity index (χ0v) is 16.1. The summed E-state index contributed by atoms with van der Waals surface area (Å²) < 4.78 is 36.9. The van der Waals surface area contributed by atoms with Crippen LogP contribution in [0.3, 0.4) is 0 Å². The largest absolute Gasteiger partial charge is 0.454 e. The first kappa shape index (κ1) is 18.8. The molecule has 1 fully saturated rings. The normalized spacial score (nSPS) is 18.0. The van der Waals surface area contributed by atoms with Crippen molar-refractivity contribution in [2.75, 3.05) is 25.2 Å². The van der Waals surface area contributed by atoms with Crippen LogP contribution in [-0.4, -0.2) is 50.0 Å². The molecule has 0 aromatic heterocycles. The maximum Gasteiger partial charge on any atom is 0.321 e. The van der Waals surface area contributed by atoms with E-state index >= 15 is 0 Å². The molecule has 144 valence electrons. The zero-order valence-electron chi connectivity index (χ0n) is 15.2. The van der Waals surface area contributed by atoms with Crippen molar-refractivity contribution in [3.8, 4) is 11.5 Å². The van der Waals surface area contributed by atoms with Gasteiger partial charge in [-0.15, -0.1) is 0 Å². The van der Waals surface area contributed by atoms with Crippen LogP contribution in [-0.2, 0) is 10.0 Å². The number of amides is 2. The molecule has 0 radical (unpaired) electrons. The molecule has 0 unspecified atom stereocenters. The standard InChI is InChI=1S/C17H25N3O5S/c1-17(2,3)26(22,23)19-12-6-8-20(9-7-12)16(21)18-13-4-5-14-15(10-13)25-11-24-14/h4-5,10,12,19H,6-9,11H2,1-3H3,(H,18,21). The molecule has 8 nitrogen and oxygen atoms in total. The van der Waals surface area contributed by atoms with Crippen LogP contribution in [0.25, 0.3) is 0 Å². The predicted octanol–water partition coefficient (Wildman–Crippen LogP) is 2.13. The molecule has 1 saturated heterocycles. The Morgan fingerprint density at radius 3 is 2.46 bits per heavy atom. The van der Waals surface area contributed by atoms with Crippen molar-refractivity contribution in [3.63, 3.8) is 0 Å². The van der Waals surface area contributed by atoms with Gasteiger partial charge < -0.3 is 19.7 Å². The average Bonchev–Trinajstić information content (AvgIpc) is 3.01. The van der Waals surface area contributed by atoms with E-state index in [2.05, 4.69) is 10.0 Å². The molecule has 2 heterocycles. The highest BCUT2D eigenvalue weighted by atomic mass is 32.2. The van der Waals surface area contributed by atoms with Gasteiger partial charge in [-0.1, -0.05) is 0 Å². The quantitative estimate of drug-likeness (QED) is 0.833. The Balaban J connectivity index is 1.52. The van der Waals surface area contributed by atoms with Crippen LogP contribution in [0, 0.1) is 0 Å². The molecular weight excluding hydrogens is 358 g/mol. The molecule has 2 aliphatic heterocycles. The Hall–Kier alpha value is -2.00. The van der Waals surface area contributed by atoms with Crippen LogP contribution in [0.15, 0.2) is 18.2 Å². The van der Waals surface area contributed by atoms with Crippen molar-refractivity contribution in [1.82, 2.24) is 9.62 Å². The molecule has 2 amide bonds. The first-order valence-corrected chi connectivity index (χ1v) is 10.1. The average molecular weight is 383 g/mol. The molecule has 3 rings (SSSR count). The number of carbonyl (C=O) groups excluding carboxylic acids is 1. The van der Waals surface area contributed by atoms with E-state index in [1.807, 2.05) is 0 Å². The summed E-state index contributed by atoms with van der Waals surface area (Å²) in [7, 11) is -3.38. The zero-order chi connectivity index (χ0) is 18.9. The topological polar surface area (TPSA) is 97.0 Å². The van der Waals surface area contributed by atoms with Crippen molar-refractivity contribution in [2.24, 2.45) is 0 Å². The lowest BCUT2D eigenvalue weighted by Gasteiger charge is -2.33. The van der Waals surface area contributed by atoms with Crippen LogP contribution in [0.5, 0.6) is 11.5 Å². The van der Waals surface area contributed by atoms with Crippen LogP contribution >= 0.6 is 0 Å². The predicted molar refractivity (Wildman–Crippen MR) is 98.0 cm³/mol. The van der Waals surface area contributed by atoms with Crippen molar-refractivity contribution in [2.45, 2.75) is 44.4 Å². The number of hydrogen-bond donors (Lipinski definition) is 2. The van der Waals surface area contributed by atoms with E-state index in [1.54, 1.807) is 43.9 Å². The Bertz CT molecular complexity index is 780. The molecule has 0 atom stereocenters. The van der Waals surface area contributed by atoms with Crippen molar-refractivity contribution >= 4 is 21.7 Å². The fourth-order valence-electron chi connectivity index (χ4n) is 2.77. The summed E-state index contributed by atoms with van der Waals surface area (Å²) >= 11 is 0. The van der Waals surface area contributed by atoms with E-state index in [-0.39, 0.29) is 18.9 Å². The number of carbonyl (C=O) groups is 1. The van der Waals surface area contributed by atoms with Crippen LogP contribution in [0.4, 0.5) is 10.5 Å². The fourth-order valence-corrected chi connectivity index (χ4v) is 3.80. The molecule has 1 aromatic rings. The number of likely N-dealkylation sites (tertiary alicyclic amines) is 1. The molecule has 0 spiro atoms. The second kappa shape index (κ2) is 6.96. The molecule has 9 heteroatoms. The highest BCUT2D eigenvalue weighted by Gasteiger charge is 2.33. The summed E-state index contributed by atoms with van der Waals surface area (Å²) in [5.74, 6) is 1.27. The van der Waals surface area contributed by atoms with Gasteiger partial charge in [0.15, 0.2) is 11.5 Å². The number of anilines is 1. The van der Waals surface area contributed by atoms with Crippen molar-refractivity contribution < 1.29 is 22.7 Å². The van der Waals surface area contributed by atoms with Crippen LogP contribution in [0.2, 0.25) is 0 Å². The van der Waals surface area contributed by atoms with Crippen LogP contribution < -0.4 is 19.5 Å². The van der Waals surface area contributed by atoms with Gasteiger partial charge in [0, 0.05) is 30.9 Å². The third-order valence-corrected chi connectivity index (χ3v) is 6.79. The summed E-state index contributed by atoms with van der Waals surface area (Å²) in [5, 5.41) is 2.84. The Kier molecular flexibility index (Phi) is 5.03. The van der Waals surface area contributed by atoms with Gasteiger partial charge >= 0.3 is 6.03 Å². The van der Waals surface area contributed by atoms with E-state index in [9.17, 15) is 13.2 Å². The van der Waals surface area contributed by atoms with E-state index in [4.69, 9.17) is 9.47 Å². The minimum absolute atomic E-state index is 0.145. The summed E-state index contributed by atoms with van der Waals surface area (Å²) in [5.41, 5.74) is 0.634. The third-order valence-electron chi connectivity index (χ3n) is 4.53. The lowest BCUT2D eigenvalue weighted by Crippen LogP contribution is -2.50. The molecule has 0 aliphatic carbocycles. The van der Waals surface area contributed by atoms with E-state index in [0.717, 1.165) is 0 Å². The summed E-state index contributed by atoms with van der Waals surface area (Å²) in [6.07, 6.45) is 1.17. The minimum Gasteiger partial charge on any atom is -0.454 e. The Morgan fingerprint density at radius 1 is 1.15 bits per heavy atom. The molecular formula is C17H25N3O5S. The van der Waals surface area contributed by atoms with Gasteiger partial charge in [-0.3, -0.25) is 0 Å². The highest BCUT2D eigenvalue weighted by molar-refractivity contribution is 7.90. The van der Waals surface area contributed by atoms with Crippen LogP contribution in [0.1, 0.15) is 33.6 Å². The number of nitrogens with zero attached hydrogens (tertiary/aromatic N) is 1. The summed E-state index contributed by atoms with van der Waals surface area (Å²) in [6.45, 7) is 6.18. The van der Waals surface area contributed by atoms with Gasteiger partial charge in [0.25, 0.3) is 0 Å². The van der Waals surface area contributed by atoms with Gasteiger partial charge in [0.05, 0.1) is 4.75 Å². The lowest BCUT2D eigenvalue weighted by atomic mass is 10.1. The molecule has 2 aliphatic rings. The number of urea groups is 1. The summed E-state index contributed by atoms with van der Waals surface area (Å²) in [4.78, 5) is 14.1. The van der Waals surface area contributed by atoms with E-state index in [0.29, 0.717) is 43.1 Å². The summed E-state index contributed by atoms with van der Waals surface area (Å²) in [6, 6.07) is 4.89. The third kappa shape index (κ3) is 4.04. The first-order valence-electron chi connectivity index (χ1n) is 8.63. The fraction of sp³-hybridized carbons (Fsp3) is 0.588. The first-order chi connectivity index (χ1) is 12.2. The number of ether oxygens (including phenoxy) is 2. The van der Waals surface area contributed by atoms with E-state index in [1.165, 1.54) is 0 Å². The maximum atomic E-state index is 12.4. The number of piperidine rings is 1. The highest BCUT2D eigenvalue weighted by Crippen LogP contribution is 2.34. The molecule has 2 N–H and O–H groups in total. The number of fused-ring (bicyclic) bond motifs is 1.